The summed E-state index contributed by atoms with van der Waals surface area (Å²) >= 11 is 0. The number of benzene rings is 1. The summed E-state index contributed by atoms with van der Waals surface area (Å²) in [4.78, 5) is 25.5. The molecule has 8 heteroatoms. The molecule has 3 atom stereocenters. The lowest BCUT2D eigenvalue weighted by Crippen LogP contribution is -2.33. The van der Waals surface area contributed by atoms with Gasteiger partial charge in [-0.05, 0) is 30.7 Å². The Balaban J connectivity index is 1.95. The molecule has 2 heterocycles. The molecule has 0 radical (unpaired) electrons. The van der Waals surface area contributed by atoms with E-state index in [0.717, 1.165) is 5.56 Å². The van der Waals surface area contributed by atoms with Gasteiger partial charge in [-0.25, -0.2) is 0 Å². The first-order chi connectivity index (χ1) is 11.9. The van der Waals surface area contributed by atoms with E-state index in [4.69, 9.17) is 4.74 Å². The third-order valence-electron chi connectivity index (χ3n) is 4.64. The lowest BCUT2D eigenvalue weighted by molar-refractivity contribution is -0.532. The number of carbonyl (C=O) groups excluding carboxylic acids is 1. The first-order valence-electron chi connectivity index (χ1n) is 7.99. The molecule has 1 aliphatic rings. The highest BCUT2D eigenvalue weighted by Crippen LogP contribution is 2.38. The van der Waals surface area contributed by atoms with E-state index in [9.17, 15) is 14.9 Å². The highest BCUT2D eigenvalue weighted by molar-refractivity contribution is 5.82. The fraction of sp³-hybridized carbons (Fsp3) is 0.412. The summed E-state index contributed by atoms with van der Waals surface area (Å²) in [5.41, 5.74) is 1.42. The van der Waals surface area contributed by atoms with Gasteiger partial charge in [0.1, 0.15) is 17.7 Å². The summed E-state index contributed by atoms with van der Waals surface area (Å²) in [6.45, 7) is 1.90. The molecule has 0 saturated carbocycles. The highest BCUT2D eigenvalue weighted by Gasteiger charge is 2.54. The average molecular weight is 344 g/mol. The van der Waals surface area contributed by atoms with Crippen LogP contribution in [-0.2, 0) is 18.4 Å². The Hall–Kier alpha value is -2.90. The number of carbonyl (C=O) groups is 1. The van der Waals surface area contributed by atoms with Crippen LogP contribution in [0.5, 0.6) is 5.75 Å². The lowest BCUT2D eigenvalue weighted by atomic mass is 9.99. The zero-order valence-corrected chi connectivity index (χ0v) is 14.3. The van der Waals surface area contributed by atoms with Crippen LogP contribution in [-0.4, -0.2) is 38.7 Å². The Labute approximate surface area is 145 Å². The normalized spacial score (nSPS) is 23.1. The molecule has 0 spiro atoms. The number of ether oxygens (including phenoxy) is 1. The van der Waals surface area contributed by atoms with Crippen molar-refractivity contribution in [3.05, 3.63) is 57.9 Å². The molecular formula is C17H20N4O4. The van der Waals surface area contributed by atoms with Crippen molar-refractivity contribution in [2.45, 2.75) is 25.6 Å². The number of aryl methyl sites for hydroxylation is 1. The molecular weight excluding hydrogens is 324 g/mol. The quantitative estimate of drug-likeness (QED) is 0.609. The largest absolute Gasteiger partial charge is 0.497 e. The number of nitro groups is 1. The van der Waals surface area contributed by atoms with Gasteiger partial charge in [-0.15, -0.1) is 0 Å². The first kappa shape index (κ1) is 16.9. The van der Waals surface area contributed by atoms with Crippen LogP contribution >= 0.6 is 0 Å². The van der Waals surface area contributed by atoms with Crippen molar-refractivity contribution in [3.8, 4) is 5.75 Å². The summed E-state index contributed by atoms with van der Waals surface area (Å²) in [6, 6.07) is 7.35. The van der Waals surface area contributed by atoms with Crippen molar-refractivity contribution >= 4 is 5.91 Å². The molecule has 132 valence electrons. The standard InChI is InChI=1S/C17H20N4O4/c1-11-15(21(23)24)16(14-8-9-19(2)18-14)20(17(11)22)10-12-4-6-13(25-3)7-5-12/h4-9,11,15-16H,10H2,1-3H3. The second kappa shape index (κ2) is 6.54. The van der Waals surface area contributed by atoms with E-state index < -0.39 is 18.0 Å². The van der Waals surface area contributed by atoms with Gasteiger partial charge in [-0.3, -0.25) is 19.6 Å². The predicted octanol–water partition coefficient (Wildman–Crippen LogP) is 1.79. The van der Waals surface area contributed by atoms with Gasteiger partial charge in [0.15, 0.2) is 0 Å². The lowest BCUT2D eigenvalue weighted by Gasteiger charge is -2.23. The third kappa shape index (κ3) is 3.07. The van der Waals surface area contributed by atoms with Crippen LogP contribution in [0.1, 0.15) is 24.2 Å². The minimum absolute atomic E-state index is 0.229. The van der Waals surface area contributed by atoms with Gasteiger partial charge < -0.3 is 9.64 Å². The minimum Gasteiger partial charge on any atom is -0.497 e. The van der Waals surface area contributed by atoms with Crippen molar-refractivity contribution in [2.75, 3.05) is 7.11 Å². The smallest absolute Gasteiger partial charge is 0.250 e. The SMILES string of the molecule is COc1ccc(CN2C(=O)C(C)C([N+](=O)[O-])C2c2ccn(C)n2)cc1. The Morgan fingerprint density at radius 3 is 2.48 bits per heavy atom. The van der Waals surface area contributed by atoms with Crippen LogP contribution in [0, 0.1) is 16.0 Å². The number of nitrogens with zero attached hydrogens (tertiary/aromatic N) is 4. The highest BCUT2D eigenvalue weighted by atomic mass is 16.6. The van der Waals surface area contributed by atoms with Gasteiger partial charge in [-0.1, -0.05) is 12.1 Å². The number of methoxy groups -OCH3 is 1. The van der Waals surface area contributed by atoms with Gasteiger partial charge in [-0.2, -0.15) is 5.10 Å². The van der Waals surface area contributed by atoms with Crippen molar-refractivity contribution in [2.24, 2.45) is 13.0 Å². The van der Waals surface area contributed by atoms with E-state index in [0.29, 0.717) is 18.0 Å². The summed E-state index contributed by atoms with van der Waals surface area (Å²) in [5.74, 6) is -0.206. The molecule has 1 saturated heterocycles. The molecule has 1 amide bonds. The van der Waals surface area contributed by atoms with Crippen molar-refractivity contribution < 1.29 is 14.5 Å². The second-order valence-electron chi connectivity index (χ2n) is 6.24. The van der Waals surface area contributed by atoms with Crippen LogP contribution < -0.4 is 4.74 Å². The van der Waals surface area contributed by atoms with Crippen LogP contribution in [0.15, 0.2) is 36.5 Å². The Morgan fingerprint density at radius 1 is 1.28 bits per heavy atom. The van der Waals surface area contributed by atoms with Crippen molar-refractivity contribution in [1.82, 2.24) is 14.7 Å². The molecule has 0 aliphatic carbocycles. The number of aromatic nitrogens is 2. The summed E-state index contributed by atoms with van der Waals surface area (Å²) in [5, 5.41) is 15.9. The maximum atomic E-state index is 12.7. The monoisotopic (exact) mass is 344 g/mol. The van der Waals surface area contributed by atoms with Crippen LogP contribution in [0.4, 0.5) is 0 Å². The van der Waals surface area contributed by atoms with E-state index in [1.807, 2.05) is 12.1 Å². The summed E-state index contributed by atoms with van der Waals surface area (Å²) < 4.78 is 6.73. The topological polar surface area (TPSA) is 90.5 Å². The van der Waals surface area contributed by atoms with Crippen LogP contribution in [0.2, 0.25) is 0 Å². The maximum Gasteiger partial charge on any atom is 0.250 e. The van der Waals surface area contributed by atoms with Gasteiger partial charge in [0.25, 0.3) is 0 Å². The number of rotatable bonds is 5. The number of amides is 1. The minimum atomic E-state index is -1.01. The van der Waals surface area contributed by atoms with E-state index >= 15 is 0 Å². The Bertz CT molecular complexity index is 786. The average Bonchev–Trinajstić information content (AvgIpc) is 3.12. The molecule has 0 N–H and O–H groups in total. The molecule has 0 bridgehead atoms. The fourth-order valence-electron chi connectivity index (χ4n) is 3.33. The van der Waals surface area contributed by atoms with Crippen molar-refractivity contribution in [3.63, 3.8) is 0 Å². The van der Waals surface area contributed by atoms with Gasteiger partial charge in [0.05, 0.1) is 12.8 Å². The third-order valence-corrected chi connectivity index (χ3v) is 4.64. The van der Waals surface area contributed by atoms with E-state index in [2.05, 4.69) is 5.10 Å². The van der Waals surface area contributed by atoms with Gasteiger partial charge >= 0.3 is 0 Å². The second-order valence-corrected chi connectivity index (χ2v) is 6.24. The molecule has 3 rings (SSSR count). The molecule has 1 aromatic heterocycles. The predicted molar refractivity (Wildman–Crippen MR) is 89.4 cm³/mol. The van der Waals surface area contributed by atoms with Crippen molar-refractivity contribution in [1.29, 1.82) is 0 Å². The molecule has 3 unspecified atom stereocenters. The summed E-state index contributed by atoms with van der Waals surface area (Å²) in [7, 11) is 3.33. The number of hydrogen-bond acceptors (Lipinski definition) is 5. The van der Waals surface area contributed by atoms with Gasteiger partial charge in [0.2, 0.25) is 11.9 Å². The van der Waals surface area contributed by atoms with E-state index in [-0.39, 0.29) is 10.8 Å². The molecule has 2 aromatic rings. The Kier molecular flexibility index (Phi) is 4.43. The van der Waals surface area contributed by atoms with Crippen LogP contribution in [0.25, 0.3) is 0 Å². The summed E-state index contributed by atoms with van der Waals surface area (Å²) in [6.07, 6.45) is 1.73. The molecule has 25 heavy (non-hydrogen) atoms. The maximum absolute atomic E-state index is 12.7. The molecule has 8 nitrogen and oxygen atoms in total. The van der Waals surface area contributed by atoms with Gasteiger partial charge in [0, 0.05) is 24.7 Å². The molecule has 1 aliphatic heterocycles. The first-order valence-corrected chi connectivity index (χ1v) is 7.99. The van der Waals surface area contributed by atoms with E-state index in [1.165, 1.54) is 0 Å². The Morgan fingerprint density at radius 2 is 1.96 bits per heavy atom. The zero-order chi connectivity index (χ0) is 18.1. The number of likely N-dealkylation sites (tertiary alicyclic amines) is 1. The van der Waals surface area contributed by atoms with E-state index in [1.54, 1.807) is 55.1 Å². The fourth-order valence-corrected chi connectivity index (χ4v) is 3.33. The molecule has 1 fully saturated rings. The zero-order valence-electron chi connectivity index (χ0n) is 14.3. The number of hydrogen-bond donors (Lipinski definition) is 0. The molecule has 1 aromatic carbocycles. The van der Waals surface area contributed by atoms with Crippen LogP contribution in [0.3, 0.4) is 0 Å².